The minimum absolute atomic E-state index is 0.0884. The van der Waals surface area contributed by atoms with E-state index in [4.69, 9.17) is 0 Å². The van der Waals surface area contributed by atoms with Crippen LogP contribution >= 0.6 is 0 Å². The van der Waals surface area contributed by atoms with E-state index in [1.165, 1.54) is 5.57 Å². The van der Waals surface area contributed by atoms with Crippen molar-refractivity contribution < 1.29 is 8.60 Å². The molecule has 0 aromatic carbocycles. The standard InChI is InChI=1S/C8H13FOS/c1-7-2-4-8(5-3-7)11(10)6-9/h8H,1-6H2. The first-order valence-corrected chi connectivity index (χ1v) is 5.22. The van der Waals surface area contributed by atoms with Gasteiger partial charge in [-0.1, -0.05) is 12.2 Å². The van der Waals surface area contributed by atoms with Crippen LogP contribution in [0.5, 0.6) is 0 Å². The van der Waals surface area contributed by atoms with E-state index < -0.39 is 16.8 Å². The first kappa shape index (κ1) is 8.91. The molecule has 0 radical (unpaired) electrons. The van der Waals surface area contributed by atoms with Gasteiger partial charge in [-0.25, -0.2) is 4.39 Å². The molecule has 0 spiro atoms. The summed E-state index contributed by atoms with van der Waals surface area (Å²) in [5.74, 6) is 0. The summed E-state index contributed by atoms with van der Waals surface area (Å²) in [5.41, 5.74) is 1.22. The number of rotatable bonds is 2. The van der Waals surface area contributed by atoms with Gasteiger partial charge in [0.2, 0.25) is 0 Å². The normalized spacial score (nSPS) is 23.5. The molecule has 0 aromatic rings. The summed E-state index contributed by atoms with van der Waals surface area (Å²) in [6.07, 6.45) is 3.57. The van der Waals surface area contributed by atoms with Crippen LogP contribution in [0.4, 0.5) is 4.39 Å². The topological polar surface area (TPSA) is 17.1 Å². The Labute approximate surface area is 69.1 Å². The first-order chi connectivity index (χ1) is 5.24. The van der Waals surface area contributed by atoms with Crippen molar-refractivity contribution in [2.75, 3.05) is 6.01 Å². The molecule has 1 atom stereocenters. The van der Waals surface area contributed by atoms with E-state index in [1.807, 2.05) is 0 Å². The summed E-state index contributed by atoms with van der Waals surface area (Å²) >= 11 is 0. The third kappa shape index (κ3) is 2.40. The number of alkyl halides is 1. The quantitative estimate of drug-likeness (QED) is 0.589. The van der Waals surface area contributed by atoms with Crippen molar-refractivity contribution in [3.63, 3.8) is 0 Å². The minimum Gasteiger partial charge on any atom is -0.257 e. The van der Waals surface area contributed by atoms with Crippen LogP contribution < -0.4 is 0 Å². The molecule has 1 unspecified atom stereocenters. The molecule has 11 heavy (non-hydrogen) atoms. The van der Waals surface area contributed by atoms with Crippen LogP contribution in [0.15, 0.2) is 12.2 Å². The zero-order chi connectivity index (χ0) is 8.27. The smallest absolute Gasteiger partial charge is 0.164 e. The van der Waals surface area contributed by atoms with Crippen molar-refractivity contribution in [1.29, 1.82) is 0 Å². The van der Waals surface area contributed by atoms with E-state index in [-0.39, 0.29) is 5.25 Å². The lowest BCUT2D eigenvalue weighted by atomic mass is 9.96. The molecule has 0 heterocycles. The fourth-order valence-electron chi connectivity index (χ4n) is 1.35. The molecule has 1 rings (SSSR count). The van der Waals surface area contributed by atoms with Crippen molar-refractivity contribution in [1.82, 2.24) is 0 Å². The summed E-state index contributed by atoms with van der Waals surface area (Å²) in [6, 6.07) is -0.683. The van der Waals surface area contributed by atoms with Crippen LogP contribution in [-0.4, -0.2) is 15.5 Å². The van der Waals surface area contributed by atoms with E-state index in [9.17, 15) is 8.60 Å². The van der Waals surface area contributed by atoms with Crippen LogP contribution in [0.25, 0.3) is 0 Å². The zero-order valence-corrected chi connectivity index (χ0v) is 7.33. The lowest BCUT2D eigenvalue weighted by molar-refractivity contribution is 0.548. The summed E-state index contributed by atoms with van der Waals surface area (Å²) in [6.45, 7) is 3.84. The number of halogens is 1. The summed E-state index contributed by atoms with van der Waals surface area (Å²) in [5, 5.41) is 0.0884. The van der Waals surface area contributed by atoms with Gasteiger partial charge in [-0.2, -0.15) is 0 Å². The van der Waals surface area contributed by atoms with Gasteiger partial charge in [0.1, 0.15) is 0 Å². The first-order valence-electron chi connectivity index (χ1n) is 3.84. The van der Waals surface area contributed by atoms with Crippen molar-refractivity contribution in [3.05, 3.63) is 12.2 Å². The highest BCUT2D eigenvalue weighted by Crippen LogP contribution is 2.25. The molecule has 0 saturated heterocycles. The number of allylic oxidation sites excluding steroid dienone is 1. The third-order valence-electron chi connectivity index (χ3n) is 2.12. The lowest BCUT2D eigenvalue weighted by Crippen LogP contribution is -2.20. The van der Waals surface area contributed by atoms with Crippen LogP contribution in [0.1, 0.15) is 25.7 Å². The fraction of sp³-hybridized carbons (Fsp3) is 0.750. The molecule has 0 aliphatic heterocycles. The van der Waals surface area contributed by atoms with Crippen molar-refractivity contribution in [2.24, 2.45) is 0 Å². The molecule has 1 fully saturated rings. The van der Waals surface area contributed by atoms with E-state index in [0.717, 1.165) is 25.7 Å². The highest BCUT2D eigenvalue weighted by atomic mass is 32.2. The second-order valence-electron chi connectivity index (χ2n) is 2.94. The fourth-order valence-corrected chi connectivity index (χ4v) is 2.29. The number of hydrogen-bond donors (Lipinski definition) is 0. The molecule has 0 amide bonds. The van der Waals surface area contributed by atoms with E-state index in [0.29, 0.717) is 0 Å². The van der Waals surface area contributed by atoms with Crippen molar-refractivity contribution in [3.8, 4) is 0 Å². The van der Waals surface area contributed by atoms with Gasteiger partial charge >= 0.3 is 0 Å². The molecule has 1 saturated carbocycles. The Hall–Kier alpha value is -0.180. The van der Waals surface area contributed by atoms with Gasteiger partial charge in [0.25, 0.3) is 0 Å². The van der Waals surface area contributed by atoms with Gasteiger partial charge in [-0.05, 0) is 25.7 Å². The SMILES string of the molecule is C=C1CCC(S(=O)CF)CC1. The maximum atomic E-state index is 11.9. The average molecular weight is 176 g/mol. The predicted molar refractivity (Wildman–Crippen MR) is 45.5 cm³/mol. The van der Waals surface area contributed by atoms with Gasteiger partial charge in [0.05, 0.1) is 10.8 Å². The third-order valence-corrected chi connectivity index (χ3v) is 3.55. The van der Waals surface area contributed by atoms with Gasteiger partial charge < -0.3 is 0 Å². The number of hydrogen-bond acceptors (Lipinski definition) is 1. The Morgan fingerprint density at radius 2 is 2.09 bits per heavy atom. The van der Waals surface area contributed by atoms with E-state index in [1.54, 1.807) is 0 Å². The Balaban J connectivity index is 2.39. The molecule has 0 N–H and O–H groups in total. The lowest BCUT2D eigenvalue weighted by Gasteiger charge is -2.21. The maximum absolute atomic E-state index is 11.9. The van der Waals surface area contributed by atoms with E-state index >= 15 is 0 Å². The molecule has 3 heteroatoms. The minimum atomic E-state index is -1.24. The molecule has 1 aliphatic carbocycles. The largest absolute Gasteiger partial charge is 0.257 e. The molecule has 64 valence electrons. The summed E-state index contributed by atoms with van der Waals surface area (Å²) in [4.78, 5) is 0. The van der Waals surface area contributed by atoms with Crippen molar-refractivity contribution in [2.45, 2.75) is 30.9 Å². The van der Waals surface area contributed by atoms with Gasteiger partial charge in [0, 0.05) is 5.25 Å². The van der Waals surface area contributed by atoms with Gasteiger partial charge in [-0.15, -0.1) is 0 Å². The maximum Gasteiger partial charge on any atom is 0.164 e. The molecule has 0 aromatic heterocycles. The predicted octanol–water partition coefficient (Wildman–Crippen LogP) is 2.16. The summed E-state index contributed by atoms with van der Waals surface area (Å²) in [7, 11) is -1.24. The molecule has 1 aliphatic rings. The monoisotopic (exact) mass is 176 g/mol. The molecule has 1 nitrogen and oxygen atoms in total. The zero-order valence-electron chi connectivity index (χ0n) is 6.51. The van der Waals surface area contributed by atoms with Crippen LogP contribution in [0.2, 0.25) is 0 Å². The molecular weight excluding hydrogens is 163 g/mol. The van der Waals surface area contributed by atoms with Crippen molar-refractivity contribution >= 4 is 10.8 Å². The molecular formula is C8H13FOS. The van der Waals surface area contributed by atoms with Crippen LogP contribution in [0, 0.1) is 0 Å². The van der Waals surface area contributed by atoms with Gasteiger partial charge in [0.15, 0.2) is 6.01 Å². The second-order valence-corrected chi connectivity index (χ2v) is 4.59. The average Bonchev–Trinajstić information content (AvgIpc) is 2.05. The highest BCUT2D eigenvalue weighted by Gasteiger charge is 2.20. The second kappa shape index (κ2) is 4.00. The van der Waals surface area contributed by atoms with Crippen LogP contribution in [-0.2, 0) is 10.8 Å². The summed E-state index contributed by atoms with van der Waals surface area (Å²) < 4.78 is 22.9. The van der Waals surface area contributed by atoms with Gasteiger partial charge in [-0.3, -0.25) is 4.21 Å². The Morgan fingerprint density at radius 3 is 2.55 bits per heavy atom. The highest BCUT2D eigenvalue weighted by molar-refractivity contribution is 7.85. The molecule has 0 bridgehead atoms. The Morgan fingerprint density at radius 1 is 1.55 bits per heavy atom. The van der Waals surface area contributed by atoms with Crippen LogP contribution in [0.3, 0.4) is 0 Å². The Bertz CT molecular complexity index is 169. The Kier molecular flexibility index (Phi) is 3.24. The van der Waals surface area contributed by atoms with E-state index in [2.05, 4.69) is 6.58 Å².